The van der Waals surface area contributed by atoms with Crippen LogP contribution in [0.2, 0.25) is 0 Å². The fourth-order valence-corrected chi connectivity index (χ4v) is 3.81. The van der Waals surface area contributed by atoms with Gasteiger partial charge in [-0.25, -0.2) is 17.5 Å². The van der Waals surface area contributed by atoms with Crippen LogP contribution in [0.25, 0.3) is 0 Å². The van der Waals surface area contributed by atoms with Crippen LogP contribution >= 0.6 is 0 Å². The van der Waals surface area contributed by atoms with Gasteiger partial charge in [-0.1, -0.05) is 12.1 Å². The molecule has 128 valence electrons. The molecule has 2 rings (SSSR count). The Bertz CT molecular complexity index is 691. The molecule has 8 heteroatoms. The summed E-state index contributed by atoms with van der Waals surface area (Å²) in [6, 6.07) is 3.80. The highest BCUT2D eigenvalue weighted by molar-refractivity contribution is 7.90. The Kier molecular flexibility index (Phi) is 5.26. The van der Waals surface area contributed by atoms with Gasteiger partial charge in [-0.15, -0.1) is 0 Å². The standard InChI is InChI=1S/C15H21FN2O4S/c1-10(15(19)18(2)3)23(20,21)17-13-8-5-9-22-14-11(13)6-4-7-12(14)16/h4,6-7,10,13,17H,5,8-9H2,1-3H3. The Labute approximate surface area is 135 Å². The zero-order valence-electron chi connectivity index (χ0n) is 13.4. The molecule has 0 saturated heterocycles. The van der Waals surface area contributed by atoms with E-state index in [9.17, 15) is 17.6 Å². The zero-order valence-corrected chi connectivity index (χ0v) is 14.2. The van der Waals surface area contributed by atoms with E-state index < -0.39 is 33.0 Å². The van der Waals surface area contributed by atoms with E-state index in [1.807, 2.05) is 0 Å². The Hall–Kier alpha value is -1.67. The summed E-state index contributed by atoms with van der Waals surface area (Å²) in [5.41, 5.74) is 0.454. The quantitative estimate of drug-likeness (QED) is 0.897. The predicted molar refractivity (Wildman–Crippen MR) is 84.1 cm³/mol. The van der Waals surface area contributed by atoms with Gasteiger partial charge in [0.1, 0.15) is 0 Å². The van der Waals surface area contributed by atoms with Gasteiger partial charge in [-0.2, -0.15) is 0 Å². The molecule has 2 atom stereocenters. The summed E-state index contributed by atoms with van der Waals surface area (Å²) in [6.45, 7) is 1.66. The van der Waals surface area contributed by atoms with Gasteiger partial charge in [0, 0.05) is 19.7 Å². The minimum absolute atomic E-state index is 0.0734. The molecular formula is C15H21FN2O4S. The lowest BCUT2D eigenvalue weighted by molar-refractivity contribution is -0.127. The van der Waals surface area contributed by atoms with E-state index >= 15 is 0 Å². The number of nitrogens with zero attached hydrogens (tertiary/aromatic N) is 1. The lowest BCUT2D eigenvalue weighted by Gasteiger charge is -2.22. The second-order valence-electron chi connectivity index (χ2n) is 5.74. The number of amides is 1. The molecule has 0 bridgehead atoms. The monoisotopic (exact) mass is 344 g/mol. The number of hydrogen-bond acceptors (Lipinski definition) is 4. The first-order chi connectivity index (χ1) is 10.7. The number of halogens is 1. The molecule has 1 heterocycles. The number of carbonyl (C=O) groups is 1. The van der Waals surface area contributed by atoms with E-state index in [1.165, 1.54) is 38.1 Å². The highest BCUT2D eigenvalue weighted by atomic mass is 32.2. The average molecular weight is 344 g/mol. The van der Waals surface area contributed by atoms with E-state index in [4.69, 9.17) is 4.74 Å². The van der Waals surface area contributed by atoms with Crippen molar-refractivity contribution in [2.75, 3.05) is 20.7 Å². The summed E-state index contributed by atoms with van der Waals surface area (Å²) in [5.74, 6) is -0.961. The van der Waals surface area contributed by atoms with Crippen molar-refractivity contribution in [3.63, 3.8) is 0 Å². The Balaban J connectivity index is 2.30. The summed E-state index contributed by atoms with van der Waals surface area (Å²) in [7, 11) is -0.898. The van der Waals surface area contributed by atoms with Gasteiger partial charge >= 0.3 is 0 Å². The number of carbonyl (C=O) groups excluding carboxylic acids is 1. The van der Waals surface area contributed by atoms with Gasteiger partial charge in [-0.05, 0) is 25.8 Å². The fraction of sp³-hybridized carbons (Fsp3) is 0.533. The molecule has 0 saturated carbocycles. The largest absolute Gasteiger partial charge is 0.490 e. The van der Waals surface area contributed by atoms with Crippen molar-refractivity contribution in [3.05, 3.63) is 29.6 Å². The molecule has 0 aromatic heterocycles. The zero-order chi connectivity index (χ0) is 17.2. The molecule has 0 fully saturated rings. The third-order valence-corrected chi connectivity index (χ3v) is 5.56. The van der Waals surface area contributed by atoms with Crippen LogP contribution in [0.4, 0.5) is 4.39 Å². The maximum Gasteiger partial charge on any atom is 0.241 e. The number of fused-ring (bicyclic) bond motifs is 1. The second-order valence-corrected chi connectivity index (χ2v) is 7.77. The summed E-state index contributed by atoms with van der Waals surface area (Å²) in [6.07, 6.45) is 1.05. The molecule has 2 unspecified atom stereocenters. The van der Waals surface area contributed by atoms with E-state index in [0.29, 0.717) is 25.0 Å². The molecule has 1 aliphatic heterocycles. The molecule has 23 heavy (non-hydrogen) atoms. The molecule has 0 spiro atoms. The molecular weight excluding hydrogens is 323 g/mol. The Morgan fingerprint density at radius 3 is 2.78 bits per heavy atom. The normalized spacial score (nSPS) is 19.2. The summed E-state index contributed by atoms with van der Waals surface area (Å²) in [4.78, 5) is 13.2. The minimum atomic E-state index is -3.90. The van der Waals surface area contributed by atoms with Gasteiger partial charge in [0.2, 0.25) is 15.9 Å². The number of rotatable bonds is 4. The second kappa shape index (κ2) is 6.84. The third-order valence-electron chi connectivity index (χ3n) is 3.82. The van der Waals surface area contributed by atoms with Gasteiger partial charge in [0.15, 0.2) is 16.8 Å². The minimum Gasteiger partial charge on any atom is -0.490 e. The molecule has 1 aromatic carbocycles. The van der Waals surface area contributed by atoms with Gasteiger partial charge in [0.25, 0.3) is 0 Å². The molecule has 0 aliphatic carbocycles. The first kappa shape index (κ1) is 17.7. The predicted octanol–water partition coefficient (Wildman–Crippen LogP) is 1.44. The highest BCUT2D eigenvalue weighted by Gasteiger charge is 2.33. The molecule has 6 nitrogen and oxygen atoms in total. The van der Waals surface area contributed by atoms with Crippen molar-refractivity contribution in [2.24, 2.45) is 0 Å². The number of hydrogen-bond donors (Lipinski definition) is 1. The lowest BCUT2D eigenvalue weighted by atomic mass is 10.0. The van der Waals surface area contributed by atoms with Crippen molar-refractivity contribution in [1.29, 1.82) is 0 Å². The number of nitrogens with one attached hydrogen (secondary N) is 1. The number of para-hydroxylation sites is 1. The van der Waals surface area contributed by atoms with Crippen LogP contribution < -0.4 is 9.46 Å². The average Bonchev–Trinajstić information content (AvgIpc) is 2.69. The molecule has 1 amide bonds. The first-order valence-electron chi connectivity index (χ1n) is 7.37. The van der Waals surface area contributed by atoms with Crippen LogP contribution in [-0.4, -0.2) is 45.2 Å². The van der Waals surface area contributed by atoms with Gasteiger partial charge < -0.3 is 9.64 Å². The smallest absolute Gasteiger partial charge is 0.241 e. The highest BCUT2D eigenvalue weighted by Crippen LogP contribution is 2.34. The van der Waals surface area contributed by atoms with E-state index in [1.54, 1.807) is 6.07 Å². The van der Waals surface area contributed by atoms with Gasteiger partial charge in [-0.3, -0.25) is 4.79 Å². The fourth-order valence-electron chi connectivity index (χ4n) is 2.49. The van der Waals surface area contributed by atoms with Crippen LogP contribution in [0.15, 0.2) is 18.2 Å². The van der Waals surface area contributed by atoms with E-state index in [2.05, 4.69) is 4.72 Å². The maximum atomic E-state index is 13.9. The number of sulfonamides is 1. The maximum absolute atomic E-state index is 13.9. The summed E-state index contributed by atoms with van der Waals surface area (Å²) >= 11 is 0. The van der Waals surface area contributed by atoms with Crippen LogP contribution in [0.3, 0.4) is 0 Å². The Morgan fingerprint density at radius 2 is 2.13 bits per heavy atom. The van der Waals surface area contributed by atoms with Crippen LogP contribution in [0.5, 0.6) is 5.75 Å². The molecule has 1 aromatic rings. The molecule has 1 aliphatic rings. The van der Waals surface area contributed by atoms with Gasteiger partial charge in [0.05, 0.1) is 12.6 Å². The SMILES string of the molecule is CC(C(=O)N(C)C)S(=O)(=O)NC1CCCOc2c(F)cccc21. The summed E-state index contributed by atoms with van der Waals surface area (Å²) in [5, 5.41) is -1.22. The number of ether oxygens (including phenoxy) is 1. The number of benzene rings is 1. The van der Waals surface area contributed by atoms with Crippen LogP contribution in [0.1, 0.15) is 31.4 Å². The van der Waals surface area contributed by atoms with Crippen LogP contribution in [-0.2, 0) is 14.8 Å². The topological polar surface area (TPSA) is 75.7 Å². The van der Waals surface area contributed by atoms with Crippen molar-refractivity contribution < 1.29 is 22.3 Å². The first-order valence-corrected chi connectivity index (χ1v) is 8.92. The molecule has 1 N–H and O–H groups in total. The molecule has 0 radical (unpaired) electrons. The van der Waals surface area contributed by atoms with E-state index in [-0.39, 0.29) is 5.75 Å². The Morgan fingerprint density at radius 1 is 1.43 bits per heavy atom. The third kappa shape index (κ3) is 3.81. The lowest BCUT2D eigenvalue weighted by Crippen LogP contribution is -2.44. The van der Waals surface area contributed by atoms with E-state index in [0.717, 1.165) is 0 Å². The van der Waals surface area contributed by atoms with Crippen LogP contribution in [0, 0.1) is 5.82 Å². The van der Waals surface area contributed by atoms with Crippen molar-refractivity contribution in [2.45, 2.75) is 31.1 Å². The van der Waals surface area contributed by atoms with Crippen molar-refractivity contribution in [1.82, 2.24) is 9.62 Å². The van der Waals surface area contributed by atoms with Crippen molar-refractivity contribution >= 4 is 15.9 Å². The van der Waals surface area contributed by atoms with Crippen molar-refractivity contribution in [3.8, 4) is 5.75 Å². The summed E-state index contributed by atoms with van der Waals surface area (Å²) < 4.78 is 46.7.